The van der Waals surface area contributed by atoms with Gasteiger partial charge in [0.15, 0.2) is 11.9 Å². The van der Waals surface area contributed by atoms with E-state index in [9.17, 15) is 14.4 Å². The maximum absolute atomic E-state index is 11.8. The third-order valence-electron chi connectivity index (χ3n) is 2.92. The van der Waals surface area contributed by atoms with Crippen LogP contribution in [0.4, 0.5) is 10.6 Å². The van der Waals surface area contributed by atoms with Gasteiger partial charge in [-0.25, -0.2) is 4.79 Å². The fourth-order valence-corrected chi connectivity index (χ4v) is 2.01. The zero-order valence-corrected chi connectivity index (χ0v) is 9.74. The fourth-order valence-electron chi connectivity index (χ4n) is 2.01. The second kappa shape index (κ2) is 4.16. The number of rotatable bonds is 2. The van der Waals surface area contributed by atoms with Crippen LogP contribution >= 0.6 is 0 Å². The lowest BCUT2D eigenvalue weighted by atomic mass is 10.2. The normalized spacial score (nSPS) is 15.7. The standard InChI is InChI=1S/C11H9N5O3/c17-5-7-1-2-9(16-6-12-14-10(7)16)15-4-3-8(18)13-11(15)19/h1-2,5-6H,3-4H2,(H,13,18,19). The van der Waals surface area contributed by atoms with Gasteiger partial charge in [0.2, 0.25) is 5.91 Å². The summed E-state index contributed by atoms with van der Waals surface area (Å²) < 4.78 is 1.54. The molecule has 0 bridgehead atoms. The number of amides is 3. The second-order valence-electron chi connectivity index (χ2n) is 4.04. The Morgan fingerprint density at radius 2 is 2.16 bits per heavy atom. The van der Waals surface area contributed by atoms with E-state index in [0.29, 0.717) is 23.3 Å². The van der Waals surface area contributed by atoms with Crippen molar-refractivity contribution in [2.24, 2.45) is 0 Å². The van der Waals surface area contributed by atoms with Crippen LogP contribution in [-0.2, 0) is 4.79 Å². The second-order valence-corrected chi connectivity index (χ2v) is 4.04. The minimum atomic E-state index is -0.495. The average molecular weight is 259 g/mol. The molecular weight excluding hydrogens is 250 g/mol. The van der Waals surface area contributed by atoms with E-state index in [1.165, 1.54) is 11.2 Å². The van der Waals surface area contributed by atoms with Gasteiger partial charge in [-0.1, -0.05) is 0 Å². The van der Waals surface area contributed by atoms with E-state index >= 15 is 0 Å². The van der Waals surface area contributed by atoms with Crippen molar-refractivity contribution in [3.63, 3.8) is 0 Å². The molecule has 8 nitrogen and oxygen atoms in total. The topological polar surface area (TPSA) is 96.7 Å². The first-order valence-electron chi connectivity index (χ1n) is 5.60. The quantitative estimate of drug-likeness (QED) is 0.765. The molecule has 3 rings (SSSR count). The summed E-state index contributed by atoms with van der Waals surface area (Å²) in [5.41, 5.74) is 0.756. The van der Waals surface area contributed by atoms with Gasteiger partial charge in [-0.3, -0.25) is 24.2 Å². The van der Waals surface area contributed by atoms with Crippen LogP contribution in [0.15, 0.2) is 18.5 Å². The number of hydrogen-bond donors (Lipinski definition) is 1. The van der Waals surface area contributed by atoms with Crippen LogP contribution in [0.2, 0.25) is 0 Å². The van der Waals surface area contributed by atoms with E-state index in [0.717, 1.165) is 0 Å². The Kier molecular flexibility index (Phi) is 2.48. The molecule has 8 heteroatoms. The van der Waals surface area contributed by atoms with Gasteiger partial charge in [-0.05, 0) is 12.1 Å². The Labute approximate surface area is 107 Å². The van der Waals surface area contributed by atoms with E-state index in [2.05, 4.69) is 15.5 Å². The molecule has 3 heterocycles. The van der Waals surface area contributed by atoms with Crippen molar-refractivity contribution in [3.8, 4) is 0 Å². The molecule has 0 radical (unpaired) electrons. The summed E-state index contributed by atoms with van der Waals surface area (Å²) in [6, 6.07) is 2.69. The maximum atomic E-state index is 11.8. The number of carbonyl (C=O) groups excluding carboxylic acids is 3. The number of pyridine rings is 1. The van der Waals surface area contributed by atoms with E-state index < -0.39 is 6.03 Å². The summed E-state index contributed by atoms with van der Waals surface area (Å²) in [4.78, 5) is 35.2. The summed E-state index contributed by atoms with van der Waals surface area (Å²) in [6.07, 6.45) is 2.32. The molecule has 0 aromatic carbocycles. The van der Waals surface area contributed by atoms with Crippen LogP contribution in [0.1, 0.15) is 16.8 Å². The SMILES string of the molecule is O=Cc1ccc(N2CCC(=O)NC2=O)n2cnnc12. The predicted molar refractivity (Wildman–Crippen MR) is 63.9 cm³/mol. The molecule has 0 unspecified atom stereocenters. The molecule has 96 valence electrons. The number of urea groups is 1. The van der Waals surface area contributed by atoms with E-state index in [4.69, 9.17) is 0 Å². The number of hydrogen-bond acceptors (Lipinski definition) is 5. The zero-order valence-electron chi connectivity index (χ0n) is 9.74. The summed E-state index contributed by atoms with van der Waals surface area (Å²) in [7, 11) is 0. The highest BCUT2D eigenvalue weighted by Gasteiger charge is 2.26. The molecule has 1 aliphatic heterocycles. The van der Waals surface area contributed by atoms with Crippen molar-refractivity contribution >= 4 is 29.7 Å². The highest BCUT2D eigenvalue weighted by atomic mass is 16.2. The van der Waals surface area contributed by atoms with Crippen LogP contribution in [0, 0.1) is 0 Å². The van der Waals surface area contributed by atoms with Crippen molar-refractivity contribution in [3.05, 3.63) is 24.0 Å². The Balaban J connectivity index is 2.11. The number of aldehydes is 1. The van der Waals surface area contributed by atoms with Crippen molar-refractivity contribution in [2.45, 2.75) is 6.42 Å². The third-order valence-corrected chi connectivity index (χ3v) is 2.92. The molecule has 0 spiro atoms. The molecule has 19 heavy (non-hydrogen) atoms. The number of carbonyl (C=O) groups is 3. The van der Waals surface area contributed by atoms with Crippen LogP contribution in [0.5, 0.6) is 0 Å². The summed E-state index contributed by atoms with van der Waals surface area (Å²) in [6.45, 7) is 0.276. The number of fused-ring (bicyclic) bond motifs is 1. The molecule has 1 aliphatic rings. The van der Waals surface area contributed by atoms with E-state index in [1.807, 2.05) is 0 Å². The Bertz CT molecular complexity index is 693. The van der Waals surface area contributed by atoms with Gasteiger partial charge in [0, 0.05) is 13.0 Å². The first-order chi connectivity index (χ1) is 9.20. The number of anilines is 1. The Morgan fingerprint density at radius 3 is 2.89 bits per heavy atom. The summed E-state index contributed by atoms with van der Waals surface area (Å²) >= 11 is 0. The van der Waals surface area contributed by atoms with E-state index in [1.54, 1.807) is 16.5 Å². The lowest BCUT2D eigenvalue weighted by molar-refractivity contribution is -0.120. The fraction of sp³-hybridized carbons (Fsp3) is 0.182. The van der Waals surface area contributed by atoms with Crippen LogP contribution in [0.3, 0.4) is 0 Å². The minimum Gasteiger partial charge on any atom is -0.298 e. The summed E-state index contributed by atoms with van der Waals surface area (Å²) in [5.74, 6) is 0.210. The monoisotopic (exact) mass is 259 g/mol. The molecule has 0 aliphatic carbocycles. The molecular formula is C11H9N5O3. The largest absolute Gasteiger partial charge is 0.329 e. The Morgan fingerprint density at radius 1 is 1.32 bits per heavy atom. The third kappa shape index (κ3) is 1.73. The van der Waals surface area contributed by atoms with Crippen molar-refractivity contribution in [1.82, 2.24) is 19.9 Å². The average Bonchev–Trinajstić information content (AvgIpc) is 2.87. The Hall–Kier alpha value is -2.77. The van der Waals surface area contributed by atoms with Gasteiger partial charge in [-0.15, -0.1) is 10.2 Å². The van der Waals surface area contributed by atoms with Crippen LogP contribution in [0.25, 0.3) is 5.65 Å². The van der Waals surface area contributed by atoms with Gasteiger partial charge in [0.25, 0.3) is 0 Å². The van der Waals surface area contributed by atoms with Gasteiger partial charge < -0.3 is 0 Å². The molecule has 1 N–H and O–H groups in total. The minimum absolute atomic E-state index is 0.227. The first-order valence-corrected chi connectivity index (χ1v) is 5.60. The molecule has 0 atom stereocenters. The maximum Gasteiger partial charge on any atom is 0.329 e. The van der Waals surface area contributed by atoms with E-state index in [-0.39, 0.29) is 18.9 Å². The number of imide groups is 1. The zero-order chi connectivity index (χ0) is 13.4. The van der Waals surface area contributed by atoms with Gasteiger partial charge in [0.1, 0.15) is 12.1 Å². The number of nitrogens with zero attached hydrogens (tertiary/aromatic N) is 4. The van der Waals surface area contributed by atoms with Crippen molar-refractivity contribution < 1.29 is 14.4 Å². The molecule has 2 aromatic heterocycles. The lowest BCUT2D eigenvalue weighted by Crippen LogP contribution is -2.50. The molecule has 1 saturated heterocycles. The lowest BCUT2D eigenvalue weighted by Gasteiger charge is -2.26. The summed E-state index contributed by atoms with van der Waals surface area (Å²) in [5, 5.41) is 9.81. The van der Waals surface area contributed by atoms with Crippen molar-refractivity contribution in [2.75, 3.05) is 11.4 Å². The van der Waals surface area contributed by atoms with Crippen LogP contribution < -0.4 is 10.2 Å². The van der Waals surface area contributed by atoms with Gasteiger partial charge >= 0.3 is 6.03 Å². The molecule has 1 fully saturated rings. The van der Waals surface area contributed by atoms with Crippen molar-refractivity contribution in [1.29, 1.82) is 0 Å². The highest BCUT2D eigenvalue weighted by Crippen LogP contribution is 2.20. The highest BCUT2D eigenvalue weighted by molar-refractivity contribution is 6.05. The smallest absolute Gasteiger partial charge is 0.298 e. The first kappa shape index (κ1) is 11.3. The number of nitrogens with one attached hydrogen (secondary N) is 1. The molecule has 0 saturated carbocycles. The number of aromatic nitrogens is 3. The molecule has 2 aromatic rings. The van der Waals surface area contributed by atoms with Gasteiger partial charge in [-0.2, -0.15) is 0 Å². The molecule has 3 amide bonds. The van der Waals surface area contributed by atoms with Gasteiger partial charge in [0.05, 0.1) is 5.56 Å². The predicted octanol–water partition coefficient (Wildman–Crippen LogP) is -0.0119. The van der Waals surface area contributed by atoms with Crippen LogP contribution in [-0.4, -0.2) is 39.4 Å².